The van der Waals surface area contributed by atoms with Gasteiger partial charge in [0.1, 0.15) is 0 Å². The Morgan fingerprint density at radius 3 is 2.80 bits per heavy atom. The highest BCUT2D eigenvalue weighted by Gasteiger charge is 2.27. The van der Waals surface area contributed by atoms with E-state index < -0.39 is 5.41 Å². The Morgan fingerprint density at radius 1 is 1.35 bits per heavy atom. The molecule has 3 N–H and O–H groups in total. The zero-order valence-corrected chi connectivity index (χ0v) is 12.2. The Labute approximate surface area is 119 Å². The molecule has 5 nitrogen and oxygen atoms in total. The number of carbonyl (C=O) groups is 2. The molecule has 0 aliphatic carbocycles. The second kappa shape index (κ2) is 5.53. The van der Waals surface area contributed by atoms with Crippen molar-refractivity contribution >= 4 is 17.5 Å². The number of amides is 2. The molecule has 108 valence electrons. The van der Waals surface area contributed by atoms with Crippen LogP contribution in [0, 0.1) is 5.41 Å². The third kappa shape index (κ3) is 2.92. The van der Waals surface area contributed by atoms with Gasteiger partial charge in [-0.15, -0.1) is 0 Å². The predicted octanol–water partition coefficient (Wildman–Crippen LogP) is 1.16. The first-order valence-electron chi connectivity index (χ1n) is 6.81. The monoisotopic (exact) mass is 275 g/mol. The number of fused-ring (bicyclic) bond motifs is 1. The van der Waals surface area contributed by atoms with Gasteiger partial charge in [-0.25, -0.2) is 0 Å². The first-order chi connectivity index (χ1) is 9.44. The maximum Gasteiger partial charge on any atom is 0.251 e. The van der Waals surface area contributed by atoms with Gasteiger partial charge in [-0.05, 0) is 44.0 Å². The maximum absolute atomic E-state index is 12.1. The van der Waals surface area contributed by atoms with Crippen molar-refractivity contribution in [2.75, 3.05) is 25.5 Å². The smallest absolute Gasteiger partial charge is 0.251 e. The molecule has 2 amide bonds. The topological polar surface area (TPSA) is 70.2 Å². The molecule has 0 saturated heterocycles. The molecule has 1 aromatic rings. The molecule has 0 bridgehead atoms. The summed E-state index contributed by atoms with van der Waals surface area (Å²) in [5.41, 5.74) is 2.29. The summed E-state index contributed by atoms with van der Waals surface area (Å²) in [5, 5.41) is 8.69. The molecule has 0 saturated carbocycles. The van der Waals surface area contributed by atoms with Gasteiger partial charge in [-0.3, -0.25) is 9.59 Å². The fourth-order valence-electron chi connectivity index (χ4n) is 2.27. The van der Waals surface area contributed by atoms with Gasteiger partial charge in [0, 0.05) is 31.4 Å². The van der Waals surface area contributed by atoms with Crippen LogP contribution in [-0.2, 0) is 11.2 Å². The summed E-state index contributed by atoms with van der Waals surface area (Å²) >= 11 is 0. The molecule has 0 unspecified atom stereocenters. The molecule has 1 aromatic carbocycles. The lowest BCUT2D eigenvalue weighted by molar-refractivity contribution is -0.128. The molecule has 0 radical (unpaired) electrons. The maximum atomic E-state index is 12.1. The number of benzene rings is 1. The minimum absolute atomic E-state index is 0.0871. The first-order valence-corrected chi connectivity index (χ1v) is 6.81. The average molecular weight is 275 g/mol. The molecule has 0 fully saturated rings. The van der Waals surface area contributed by atoms with E-state index in [1.165, 1.54) is 5.56 Å². The van der Waals surface area contributed by atoms with Crippen LogP contribution in [0.15, 0.2) is 18.2 Å². The van der Waals surface area contributed by atoms with Crippen molar-refractivity contribution < 1.29 is 9.59 Å². The molecule has 0 spiro atoms. The van der Waals surface area contributed by atoms with E-state index in [4.69, 9.17) is 0 Å². The Bertz CT molecular complexity index is 538. The molecule has 0 atom stereocenters. The van der Waals surface area contributed by atoms with Gasteiger partial charge >= 0.3 is 0 Å². The SMILES string of the molecule is CNC(=O)C(C)(C)CNC(=O)c1ccc2c(c1)CCN2. The first kappa shape index (κ1) is 14.4. The lowest BCUT2D eigenvalue weighted by Crippen LogP contribution is -2.43. The number of hydrogen-bond donors (Lipinski definition) is 3. The van der Waals surface area contributed by atoms with E-state index >= 15 is 0 Å². The number of nitrogens with one attached hydrogen (secondary N) is 3. The summed E-state index contributed by atoms with van der Waals surface area (Å²) in [5.74, 6) is -0.229. The second-order valence-corrected chi connectivity index (χ2v) is 5.69. The van der Waals surface area contributed by atoms with Gasteiger partial charge in [0.05, 0.1) is 5.41 Å². The van der Waals surface area contributed by atoms with Gasteiger partial charge in [-0.2, -0.15) is 0 Å². The van der Waals surface area contributed by atoms with E-state index in [9.17, 15) is 9.59 Å². The van der Waals surface area contributed by atoms with Gasteiger partial charge in [0.25, 0.3) is 5.91 Å². The average Bonchev–Trinajstić information content (AvgIpc) is 2.91. The van der Waals surface area contributed by atoms with Gasteiger partial charge < -0.3 is 16.0 Å². The normalized spacial score (nSPS) is 13.3. The number of carbonyl (C=O) groups excluding carboxylic acids is 2. The van der Waals surface area contributed by atoms with Crippen LogP contribution < -0.4 is 16.0 Å². The quantitative estimate of drug-likeness (QED) is 0.772. The minimum atomic E-state index is -0.622. The highest BCUT2D eigenvalue weighted by Crippen LogP contribution is 2.23. The molecule has 5 heteroatoms. The van der Waals surface area contributed by atoms with Gasteiger partial charge in [0.2, 0.25) is 5.91 Å². The van der Waals surface area contributed by atoms with Crippen molar-refractivity contribution in [3.05, 3.63) is 29.3 Å². The van der Waals surface area contributed by atoms with E-state index in [1.807, 2.05) is 12.1 Å². The fourth-order valence-corrected chi connectivity index (χ4v) is 2.27. The largest absolute Gasteiger partial charge is 0.384 e. The molecule has 1 aliphatic rings. The Hall–Kier alpha value is -2.04. The molecule has 0 aromatic heterocycles. The van der Waals surface area contributed by atoms with Crippen LogP contribution in [-0.4, -0.2) is 32.0 Å². The Kier molecular flexibility index (Phi) is 3.97. The summed E-state index contributed by atoms with van der Waals surface area (Å²) in [6.07, 6.45) is 0.945. The zero-order chi connectivity index (χ0) is 14.8. The van der Waals surface area contributed by atoms with Crippen molar-refractivity contribution in [2.45, 2.75) is 20.3 Å². The van der Waals surface area contributed by atoms with Crippen LogP contribution in [0.25, 0.3) is 0 Å². The molecule has 20 heavy (non-hydrogen) atoms. The minimum Gasteiger partial charge on any atom is -0.384 e. The summed E-state index contributed by atoms with van der Waals surface area (Å²) in [4.78, 5) is 23.8. The van der Waals surface area contributed by atoms with Crippen LogP contribution in [0.4, 0.5) is 5.69 Å². The van der Waals surface area contributed by atoms with Crippen molar-refractivity contribution in [1.82, 2.24) is 10.6 Å². The van der Waals surface area contributed by atoms with Gasteiger partial charge in [0.15, 0.2) is 0 Å². The summed E-state index contributed by atoms with van der Waals surface area (Å²) in [7, 11) is 1.60. The Morgan fingerprint density at radius 2 is 2.10 bits per heavy atom. The predicted molar refractivity (Wildman–Crippen MR) is 78.8 cm³/mol. The van der Waals surface area contributed by atoms with Crippen molar-refractivity contribution in [3.63, 3.8) is 0 Å². The zero-order valence-electron chi connectivity index (χ0n) is 12.2. The fraction of sp³-hybridized carbons (Fsp3) is 0.467. The lowest BCUT2D eigenvalue weighted by atomic mass is 9.92. The third-order valence-corrected chi connectivity index (χ3v) is 3.61. The summed E-state index contributed by atoms with van der Waals surface area (Å²) in [6, 6.07) is 5.65. The van der Waals surface area contributed by atoms with Crippen molar-refractivity contribution in [2.24, 2.45) is 5.41 Å². The van der Waals surface area contributed by atoms with Crippen LogP contribution in [0.3, 0.4) is 0 Å². The molecule has 2 rings (SSSR count). The summed E-state index contributed by atoms with van der Waals surface area (Å²) in [6.45, 7) is 4.84. The van der Waals surface area contributed by atoms with E-state index in [0.717, 1.165) is 18.7 Å². The highest BCUT2D eigenvalue weighted by atomic mass is 16.2. The van der Waals surface area contributed by atoms with E-state index in [1.54, 1.807) is 27.0 Å². The molecular weight excluding hydrogens is 254 g/mol. The standard InChI is InChI=1S/C15H21N3O2/c1-15(2,14(20)16-3)9-18-13(19)11-4-5-12-10(8-11)6-7-17-12/h4-5,8,17H,6-7,9H2,1-3H3,(H,16,20)(H,18,19). The van der Waals surface area contributed by atoms with Crippen LogP contribution in [0.5, 0.6) is 0 Å². The third-order valence-electron chi connectivity index (χ3n) is 3.61. The van der Waals surface area contributed by atoms with Gasteiger partial charge in [-0.1, -0.05) is 0 Å². The van der Waals surface area contributed by atoms with E-state index in [0.29, 0.717) is 12.1 Å². The van der Waals surface area contributed by atoms with Crippen LogP contribution >= 0.6 is 0 Å². The molecule has 1 heterocycles. The molecular formula is C15H21N3O2. The molecule has 1 aliphatic heterocycles. The van der Waals surface area contributed by atoms with E-state index in [2.05, 4.69) is 16.0 Å². The van der Waals surface area contributed by atoms with Crippen molar-refractivity contribution in [3.8, 4) is 0 Å². The second-order valence-electron chi connectivity index (χ2n) is 5.69. The number of hydrogen-bond acceptors (Lipinski definition) is 3. The van der Waals surface area contributed by atoms with E-state index in [-0.39, 0.29) is 11.8 Å². The highest BCUT2D eigenvalue weighted by molar-refractivity contribution is 5.95. The number of rotatable bonds is 4. The van der Waals surface area contributed by atoms with Crippen LogP contribution in [0.1, 0.15) is 29.8 Å². The summed E-state index contributed by atoms with van der Waals surface area (Å²) < 4.78 is 0. The van der Waals surface area contributed by atoms with Crippen molar-refractivity contribution in [1.29, 1.82) is 0 Å². The number of anilines is 1. The van der Waals surface area contributed by atoms with Crippen LogP contribution in [0.2, 0.25) is 0 Å². The lowest BCUT2D eigenvalue weighted by Gasteiger charge is -2.22. The Balaban J connectivity index is 2.00.